The lowest BCUT2D eigenvalue weighted by molar-refractivity contribution is -0.00805. The molecule has 0 bridgehead atoms. The van der Waals surface area contributed by atoms with Crippen LogP contribution in [0.2, 0.25) is 0 Å². The molecule has 2 aliphatic rings. The van der Waals surface area contributed by atoms with Gasteiger partial charge in [0.1, 0.15) is 18.5 Å². The van der Waals surface area contributed by atoms with E-state index in [-0.39, 0.29) is 30.1 Å². The van der Waals surface area contributed by atoms with Crippen molar-refractivity contribution in [1.29, 1.82) is 0 Å². The first kappa shape index (κ1) is 25.7. The monoisotopic (exact) mass is 570 g/mol. The fourth-order valence-corrected chi connectivity index (χ4v) is 4.03. The van der Waals surface area contributed by atoms with E-state index >= 15 is 0 Å². The number of nitrogens with one attached hydrogen (secondary N) is 1. The number of aromatic nitrogens is 2. The molecule has 1 N–H and O–H groups in total. The molecule has 9 nitrogen and oxygen atoms in total. The second-order valence-corrected chi connectivity index (χ2v) is 8.10. The van der Waals surface area contributed by atoms with Gasteiger partial charge in [0.2, 0.25) is 0 Å². The molecule has 0 saturated carbocycles. The minimum atomic E-state index is -0.000746. The molecule has 1 aromatic heterocycles. The van der Waals surface area contributed by atoms with Gasteiger partial charge in [-0.3, -0.25) is 14.6 Å². The van der Waals surface area contributed by atoms with Crippen LogP contribution in [0.3, 0.4) is 0 Å². The lowest BCUT2D eigenvalue weighted by atomic mass is 10.1. The molecule has 0 amide bonds. The number of nitrogens with zero attached hydrogens (tertiary/aromatic N) is 5. The predicted molar refractivity (Wildman–Crippen MR) is 138 cm³/mol. The van der Waals surface area contributed by atoms with Crippen molar-refractivity contribution in [1.82, 2.24) is 24.9 Å². The Morgan fingerprint density at radius 1 is 1.24 bits per heavy atom. The fourth-order valence-electron chi connectivity index (χ4n) is 4.03. The van der Waals surface area contributed by atoms with E-state index in [4.69, 9.17) is 14.2 Å². The highest BCUT2D eigenvalue weighted by molar-refractivity contribution is 14.0. The summed E-state index contributed by atoms with van der Waals surface area (Å²) < 4.78 is 19.1. The zero-order valence-corrected chi connectivity index (χ0v) is 21.8. The van der Waals surface area contributed by atoms with Crippen LogP contribution < -0.4 is 10.1 Å². The third-order valence-electron chi connectivity index (χ3n) is 5.80. The summed E-state index contributed by atoms with van der Waals surface area (Å²) in [6.07, 6.45) is 3.88. The van der Waals surface area contributed by atoms with Crippen molar-refractivity contribution in [2.75, 3.05) is 66.2 Å². The zero-order valence-electron chi connectivity index (χ0n) is 19.5. The molecule has 0 spiro atoms. The summed E-state index contributed by atoms with van der Waals surface area (Å²) in [5, 5.41) is 7.76. The van der Waals surface area contributed by atoms with E-state index in [1.165, 1.54) is 0 Å². The van der Waals surface area contributed by atoms with Gasteiger partial charge >= 0.3 is 0 Å². The highest BCUT2D eigenvalue weighted by Crippen LogP contribution is 2.21. The molecule has 1 unspecified atom stereocenters. The number of aliphatic imine (C=N–C) groups is 1. The molecule has 0 radical (unpaired) electrons. The molecule has 2 aliphatic heterocycles. The van der Waals surface area contributed by atoms with E-state index in [1.807, 2.05) is 38.6 Å². The maximum Gasteiger partial charge on any atom is 0.194 e. The Morgan fingerprint density at radius 3 is 2.85 bits per heavy atom. The summed E-state index contributed by atoms with van der Waals surface area (Å²) in [5.41, 5.74) is 2.25. The van der Waals surface area contributed by atoms with Crippen molar-refractivity contribution in [2.24, 2.45) is 12.0 Å². The number of ether oxygens (including phenoxy) is 3. The van der Waals surface area contributed by atoms with Crippen LogP contribution in [0.4, 0.5) is 0 Å². The van der Waals surface area contributed by atoms with E-state index in [1.54, 1.807) is 4.68 Å². The molecule has 2 saturated heterocycles. The van der Waals surface area contributed by atoms with E-state index in [0.29, 0.717) is 19.8 Å². The first-order valence-corrected chi connectivity index (χ1v) is 11.3. The first-order valence-electron chi connectivity index (χ1n) is 11.3. The standard InChI is InChI=1S/C23H34N6O3.HI/c1-24-23(29-9-13-32-22(18-29)20-16-26-27(2)17-20)25-15-19-4-3-5-21(14-19)31-12-8-28-6-10-30-11-7-28;/h3-5,14,16-17,22H,6-13,15,18H2,1-2H3,(H,24,25);1H. The largest absolute Gasteiger partial charge is 0.492 e. The molecule has 10 heteroatoms. The maximum absolute atomic E-state index is 5.99. The van der Waals surface area contributed by atoms with Gasteiger partial charge in [-0.25, -0.2) is 0 Å². The van der Waals surface area contributed by atoms with Crippen LogP contribution in [0.5, 0.6) is 5.75 Å². The van der Waals surface area contributed by atoms with Crippen LogP contribution in [0.15, 0.2) is 41.7 Å². The minimum absolute atomic E-state index is 0. The molecule has 2 fully saturated rings. The smallest absolute Gasteiger partial charge is 0.194 e. The minimum Gasteiger partial charge on any atom is -0.492 e. The van der Waals surface area contributed by atoms with Crippen LogP contribution in [0.1, 0.15) is 17.2 Å². The fraction of sp³-hybridized carbons (Fsp3) is 0.565. The van der Waals surface area contributed by atoms with E-state index in [9.17, 15) is 0 Å². The summed E-state index contributed by atoms with van der Waals surface area (Å²) in [5.74, 6) is 1.77. The highest BCUT2D eigenvalue weighted by atomic mass is 127. The summed E-state index contributed by atoms with van der Waals surface area (Å²) in [6, 6.07) is 8.25. The number of morpholine rings is 2. The number of rotatable bonds is 7. The Balaban J connectivity index is 0.00000306. The Hall–Kier alpha value is -1.89. The molecule has 1 atom stereocenters. The molecular formula is C23H35IN6O3. The first-order chi connectivity index (χ1) is 15.7. The molecule has 33 heavy (non-hydrogen) atoms. The zero-order chi connectivity index (χ0) is 22.2. The van der Waals surface area contributed by atoms with Crippen molar-refractivity contribution in [3.63, 3.8) is 0 Å². The SMILES string of the molecule is CN=C(NCc1cccc(OCCN2CCOCC2)c1)N1CCOC(c2cnn(C)c2)C1.I. The van der Waals surface area contributed by atoms with Crippen molar-refractivity contribution in [2.45, 2.75) is 12.6 Å². The summed E-state index contributed by atoms with van der Waals surface area (Å²) in [6.45, 7) is 8.09. The average Bonchev–Trinajstić information content (AvgIpc) is 3.27. The number of guanidine groups is 1. The van der Waals surface area contributed by atoms with Crippen LogP contribution in [0.25, 0.3) is 0 Å². The van der Waals surface area contributed by atoms with E-state index in [2.05, 4.69) is 37.3 Å². The number of hydrogen-bond acceptors (Lipinski definition) is 6. The lowest BCUT2D eigenvalue weighted by Crippen LogP contribution is -2.47. The Bertz CT molecular complexity index is 887. The molecule has 1 aromatic carbocycles. The quantitative estimate of drug-likeness (QED) is 0.310. The number of benzene rings is 1. The van der Waals surface area contributed by atoms with Crippen LogP contribution in [0, 0.1) is 0 Å². The molecule has 3 heterocycles. The number of aryl methyl sites for hydroxylation is 1. The Morgan fingerprint density at radius 2 is 2.09 bits per heavy atom. The van der Waals surface area contributed by atoms with Crippen molar-refractivity contribution < 1.29 is 14.2 Å². The molecule has 4 rings (SSSR count). The van der Waals surface area contributed by atoms with Gasteiger partial charge in [-0.15, -0.1) is 24.0 Å². The van der Waals surface area contributed by atoms with Crippen LogP contribution >= 0.6 is 24.0 Å². The summed E-state index contributed by atoms with van der Waals surface area (Å²) in [4.78, 5) is 9.11. The van der Waals surface area contributed by atoms with Crippen molar-refractivity contribution in [3.05, 3.63) is 47.8 Å². The third kappa shape index (κ3) is 7.56. The van der Waals surface area contributed by atoms with Gasteiger partial charge in [0.15, 0.2) is 5.96 Å². The Kier molecular flexibility index (Phi) is 10.2. The van der Waals surface area contributed by atoms with Gasteiger partial charge in [0.05, 0.1) is 32.6 Å². The van der Waals surface area contributed by atoms with Gasteiger partial charge in [0, 0.05) is 58.6 Å². The third-order valence-corrected chi connectivity index (χ3v) is 5.80. The van der Waals surface area contributed by atoms with Crippen molar-refractivity contribution >= 4 is 29.9 Å². The topological polar surface area (TPSA) is 76.4 Å². The van der Waals surface area contributed by atoms with Crippen LogP contribution in [-0.2, 0) is 23.1 Å². The summed E-state index contributed by atoms with van der Waals surface area (Å²) >= 11 is 0. The second kappa shape index (κ2) is 13.1. The van der Waals surface area contributed by atoms with Crippen LogP contribution in [-0.4, -0.2) is 91.7 Å². The lowest BCUT2D eigenvalue weighted by Gasteiger charge is -2.34. The van der Waals surface area contributed by atoms with Gasteiger partial charge in [-0.1, -0.05) is 12.1 Å². The molecule has 2 aromatic rings. The molecule has 0 aliphatic carbocycles. The van der Waals surface area contributed by atoms with Gasteiger partial charge in [0.25, 0.3) is 0 Å². The number of hydrogen-bond donors (Lipinski definition) is 1. The van der Waals surface area contributed by atoms with Gasteiger partial charge < -0.3 is 24.4 Å². The second-order valence-electron chi connectivity index (χ2n) is 8.10. The normalized spacial score (nSPS) is 19.8. The van der Waals surface area contributed by atoms with E-state index in [0.717, 1.165) is 68.8 Å². The average molecular weight is 570 g/mol. The predicted octanol–water partition coefficient (Wildman–Crippen LogP) is 1.90. The van der Waals surface area contributed by atoms with Gasteiger partial charge in [-0.05, 0) is 17.7 Å². The molecular weight excluding hydrogens is 535 g/mol. The highest BCUT2D eigenvalue weighted by Gasteiger charge is 2.25. The van der Waals surface area contributed by atoms with Gasteiger partial charge in [-0.2, -0.15) is 5.10 Å². The maximum atomic E-state index is 5.99. The summed E-state index contributed by atoms with van der Waals surface area (Å²) in [7, 11) is 3.74. The van der Waals surface area contributed by atoms with Crippen molar-refractivity contribution in [3.8, 4) is 5.75 Å². The Labute approximate surface area is 213 Å². The van der Waals surface area contributed by atoms with E-state index < -0.39 is 0 Å². The molecule has 182 valence electrons. The number of halogens is 1.